The second-order valence-corrected chi connectivity index (χ2v) is 5.03. The van der Waals surface area contributed by atoms with E-state index in [1.165, 1.54) is 21.0 Å². The summed E-state index contributed by atoms with van der Waals surface area (Å²) in [5, 5.41) is 0. The van der Waals surface area contributed by atoms with Crippen LogP contribution in [0.5, 0.6) is 0 Å². The van der Waals surface area contributed by atoms with Crippen molar-refractivity contribution < 1.29 is 21.2 Å². The van der Waals surface area contributed by atoms with Crippen LogP contribution in [-0.2, 0) is 11.2 Å². The van der Waals surface area contributed by atoms with Crippen molar-refractivity contribution in [1.82, 2.24) is 14.3 Å². The predicted octanol–water partition coefficient (Wildman–Crippen LogP) is 3.25. The Hall–Kier alpha value is -2.62. The highest BCUT2D eigenvalue weighted by Gasteiger charge is 2.18. The zero-order valence-corrected chi connectivity index (χ0v) is 12.7. The summed E-state index contributed by atoms with van der Waals surface area (Å²) in [6, 6.07) is -4.33. The number of pyridine rings is 1. The van der Waals surface area contributed by atoms with Gasteiger partial charge < -0.3 is 9.30 Å². The van der Waals surface area contributed by atoms with Gasteiger partial charge >= 0.3 is 0 Å². The third kappa shape index (κ3) is 2.97. The number of benzene rings is 1. The molecule has 3 aromatic rings. The number of carbonyl (C=O) groups is 1. The summed E-state index contributed by atoms with van der Waals surface area (Å²) >= 11 is 0. The number of aromatic nitrogens is 2. The van der Waals surface area contributed by atoms with Gasteiger partial charge in [-0.15, -0.1) is 0 Å². The second-order valence-electron chi connectivity index (χ2n) is 5.03. The van der Waals surface area contributed by atoms with Gasteiger partial charge in [0.15, 0.2) is 0 Å². The molecule has 0 spiro atoms. The molecule has 0 aliphatic carbocycles. The minimum absolute atomic E-state index is 0.0156. The summed E-state index contributed by atoms with van der Waals surface area (Å²) < 4.78 is 98.8. The largest absolute Gasteiger partial charge is 0.348 e. The molecular formula is C19H21N3O. The van der Waals surface area contributed by atoms with Gasteiger partial charge in [-0.3, -0.25) is 4.79 Å². The first kappa shape index (κ1) is 6.48. The Labute approximate surface area is 153 Å². The van der Waals surface area contributed by atoms with E-state index in [0.717, 1.165) is 9.30 Å². The Bertz CT molecular complexity index is 1360. The van der Waals surface area contributed by atoms with Gasteiger partial charge in [-0.1, -0.05) is 35.8 Å². The molecule has 4 heteroatoms. The maximum Gasteiger partial charge on any atom is 0.228 e. The van der Waals surface area contributed by atoms with Gasteiger partial charge in [0.1, 0.15) is 5.65 Å². The zero-order chi connectivity index (χ0) is 26.9. The quantitative estimate of drug-likeness (QED) is 0.743. The van der Waals surface area contributed by atoms with E-state index in [1.807, 2.05) is 0 Å². The summed E-state index contributed by atoms with van der Waals surface area (Å²) in [4.78, 5) is 17.9. The number of amides is 1. The van der Waals surface area contributed by atoms with Gasteiger partial charge in [0.25, 0.3) is 0 Å². The van der Waals surface area contributed by atoms with Gasteiger partial charge in [0.05, 0.1) is 27.4 Å². The highest BCUT2D eigenvalue weighted by molar-refractivity contribution is 5.81. The van der Waals surface area contributed by atoms with E-state index in [2.05, 4.69) is 4.98 Å². The molecule has 4 nitrogen and oxygen atoms in total. The van der Waals surface area contributed by atoms with Crippen LogP contribution >= 0.6 is 0 Å². The molecule has 0 fully saturated rings. The molecule has 2 aromatic heterocycles. The predicted molar refractivity (Wildman–Crippen MR) is 92.5 cm³/mol. The molecule has 2 heterocycles. The second kappa shape index (κ2) is 5.88. The molecule has 0 saturated carbocycles. The van der Waals surface area contributed by atoms with Crippen LogP contribution in [0.1, 0.15) is 33.3 Å². The summed E-state index contributed by atoms with van der Waals surface area (Å²) in [6.45, 7) is -1.62. The van der Waals surface area contributed by atoms with Crippen LogP contribution in [0.2, 0.25) is 0 Å². The Morgan fingerprint density at radius 3 is 2.61 bits per heavy atom. The van der Waals surface area contributed by atoms with Crippen molar-refractivity contribution in [2.75, 3.05) is 14.1 Å². The number of imidazole rings is 1. The van der Waals surface area contributed by atoms with Crippen molar-refractivity contribution in [3.63, 3.8) is 0 Å². The van der Waals surface area contributed by atoms with Gasteiger partial charge in [-0.25, -0.2) is 4.98 Å². The van der Waals surface area contributed by atoms with Crippen LogP contribution in [0.15, 0.2) is 42.4 Å². The minimum atomic E-state index is -2.98. The lowest BCUT2D eigenvalue weighted by Gasteiger charge is -2.11. The fraction of sp³-hybridized carbons (Fsp3) is 0.263. The average Bonchev–Trinajstić information content (AvgIpc) is 3.14. The van der Waals surface area contributed by atoms with Gasteiger partial charge in [0.2, 0.25) is 5.91 Å². The molecule has 1 aromatic carbocycles. The Morgan fingerprint density at radius 1 is 1.26 bits per heavy atom. The van der Waals surface area contributed by atoms with E-state index < -0.39 is 83.7 Å². The smallest absolute Gasteiger partial charge is 0.228 e. The highest BCUT2D eigenvalue weighted by Crippen LogP contribution is 2.26. The van der Waals surface area contributed by atoms with Crippen LogP contribution in [0.3, 0.4) is 0 Å². The third-order valence-electron chi connectivity index (χ3n) is 3.01. The first-order valence-corrected chi connectivity index (χ1v) is 6.69. The van der Waals surface area contributed by atoms with E-state index in [1.54, 1.807) is 0 Å². The summed E-state index contributed by atoms with van der Waals surface area (Å²) in [5.41, 5.74) is -3.03. The summed E-state index contributed by atoms with van der Waals surface area (Å²) in [5.74, 6) is -1.09. The van der Waals surface area contributed by atoms with Crippen LogP contribution in [0.25, 0.3) is 16.9 Å². The molecule has 0 aliphatic rings. The topological polar surface area (TPSA) is 37.6 Å². The Morgan fingerprint density at radius 2 is 1.96 bits per heavy atom. The molecule has 0 aliphatic heterocycles. The lowest BCUT2D eigenvalue weighted by molar-refractivity contribution is -0.128. The number of rotatable bonds is 3. The van der Waals surface area contributed by atoms with E-state index in [-0.39, 0.29) is 11.6 Å². The number of nitrogens with zero attached hydrogens (tertiary/aromatic N) is 3. The lowest BCUT2D eigenvalue weighted by Crippen LogP contribution is -2.24. The van der Waals surface area contributed by atoms with E-state index in [4.69, 9.17) is 16.4 Å². The van der Waals surface area contributed by atoms with E-state index >= 15 is 0 Å². The fourth-order valence-electron chi connectivity index (χ4n) is 1.89. The first-order chi connectivity index (χ1) is 15.9. The molecule has 0 radical (unpaired) electrons. The molecule has 0 bridgehead atoms. The SMILES string of the molecule is [2H]c1c([2H])c(C([2H])([2H])[2H])c([2H])c([2H])c1-c1nc2c([2H])c([2H])c(C)c([2H])n2c1C([2H])([2H])C(=O)N(C)C. The molecule has 0 saturated heterocycles. The number of likely N-dealkylation sites (N-methyl/N-ethyl adjacent to an activating group) is 1. The molecular weight excluding hydrogens is 286 g/mol. The Kier molecular flexibility index (Phi) is 1.65. The molecule has 1 amide bonds. The Balaban J connectivity index is 2.64. The third-order valence-corrected chi connectivity index (χ3v) is 3.01. The highest BCUT2D eigenvalue weighted by atomic mass is 16.2. The number of hydrogen-bond acceptors (Lipinski definition) is 2. The van der Waals surface area contributed by atoms with Gasteiger partial charge in [-0.05, 0) is 25.4 Å². The minimum Gasteiger partial charge on any atom is -0.348 e. The van der Waals surface area contributed by atoms with Crippen molar-refractivity contribution in [2.45, 2.75) is 20.1 Å². The summed E-state index contributed by atoms with van der Waals surface area (Å²) in [6.07, 6.45) is -3.39. The van der Waals surface area contributed by atoms with Crippen LogP contribution in [0, 0.1) is 13.8 Å². The number of hydrogen-bond donors (Lipinski definition) is 0. The maximum atomic E-state index is 12.9. The normalized spacial score (nSPS) is 19.6. The number of fused-ring (bicyclic) bond motifs is 1. The van der Waals surface area contributed by atoms with Gasteiger partial charge in [0, 0.05) is 32.7 Å². The van der Waals surface area contributed by atoms with Crippen LogP contribution in [0.4, 0.5) is 0 Å². The monoisotopic (exact) mass is 319 g/mol. The van der Waals surface area contributed by atoms with Crippen molar-refractivity contribution in [2.24, 2.45) is 0 Å². The zero-order valence-electron chi connectivity index (χ0n) is 24.7. The molecule has 0 N–H and O–H groups in total. The maximum absolute atomic E-state index is 12.9. The van der Waals surface area contributed by atoms with Gasteiger partial charge in [-0.2, -0.15) is 0 Å². The van der Waals surface area contributed by atoms with E-state index in [9.17, 15) is 4.79 Å². The summed E-state index contributed by atoms with van der Waals surface area (Å²) in [7, 11) is 2.57. The molecule has 23 heavy (non-hydrogen) atoms. The average molecular weight is 319 g/mol. The van der Waals surface area contributed by atoms with Crippen molar-refractivity contribution in [3.8, 4) is 11.3 Å². The van der Waals surface area contributed by atoms with Crippen molar-refractivity contribution >= 4 is 11.6 Å². The van der Waals surface area contributed by atoms with Crippen LogP contribution < -0.4 is 0 Å². The molecule has 0 unspecified atom stereocenters. The first-order valence-electron chi connectivity index (χ1n) is 12.7. The van der Waals surface area contributed by atoms with Crippen molar-refractivity contribution in [1.29, 1.82) is 0 Å². The van der Waals surface area contributed by atoms with Crippen LogP contribution in [-0.4, -0.2) is 34.3 Å². The molecule has 0 atom stereocenters. The number of carbonyl (C=O) groups excluding carboxylic acids is 1. The molecule has 118 valence electrons. The van der Waals surface area contributed by atoms with E-state index in [0.29, 0.717) is 0 Å². The van der Waals surface area contributed by atoms with Crippen molar-refractivity contribution in [3.05, 3.63) is 59.2 Å². The molecule has 3 rings (SSSR count). The lowest BCUT2D eigenvalue weighted by atomic mass is 10.1. The standard InChI is InChI=1S/C19H21N3O/c1-13-5-8-15(9-6-13)19-16(11-18(23)21(3)4)22-12-14(2)7-10-17(22)20-19/h5-10,12H,11H2,1-4H3/i1D3,5D,6D,7D,8D,9D,10D,11D2,12D. The fourth-order valence-corrected chi connectivity index (χ4v) is 1.89.